The minimum Gasteiger partial charge on any atom is -0.467 e. The number of methoxy groups -OCH3 is 1. The predicted molar refractivity (Wildman–Crippen MR) is 126 cm³/mol. The van der Waals surface area contributed by atoms with Gasteiger partial charge in [-0.3, -0.25) is 4.79 Å². The third kappa shape index (κ3) is 18.9. The van der Waals surface area contributed by atoms with E-state index in [2.05, 4.69) is 12.2 Å². The highest BCUT2D eigenvalue weighted by molar-refractivity contribution is 5.84. The van der Waals surface area contributed by atoms with Gasteiger partial charge in [0.1, 0.15) is 6.04 Å². The van der Waals surface area contributed by atoms with Gasteiger partial charge < -0.3 is 15.8 Å². The summed E-state index contributed by atoms with van der Waals surface area (Å²) in [6.07, 6.45) is 22.4. The average Bonchev–Trinajstić information content (AvgIpc) is 2.75. The first kappa shape index (κ1) is 28.9. The third-order valence-corrected chi connectivity index (χ3v) is 5.78. The first-order valence-corrected chi connectivity index (χ1v) is 12.7. The molecule has 0 aliphatic carbocycles. The van der Waals surface area contributed by atoms with E-state index >= 15 is 0 Å². The van der Waals surface area contributed by atoms with Crippen molar-refractivity contribution >= 4 is 11.9 Å². The Labute approximate surface area is 186 Å². The average molecular weight is 427 g/mol. The summed E-state index contributed by atoms with van der Waals surface area (Å²) in [5, 5.41) is 2.82. The monoisotopic (exact) mass is 426 g/mol. The smallest absolute Gasteiger partial charge is 0.328 e. The Kier molecular flexibility index (Phi) is 21.8. The van der Waals surface area contributed by atoms with Crippen molar-refractivity contribution in [1.29, 1.82) is 0 Å². The summed E-state index contributed by atoms with van der Waals surface area (Å²) in [7, 11) is 1.36. The quantitative estimate of drug-likeness (QED) is 0.163. The molecule has 0 aliphatic heterocycles. The number of esters is 1. The van der Waals surface area contributed by atoms with E-state index in [0.29, 0.717) is 19.4 Å². The van der Waals surface area contributed by atoms with Crippen molar-refractivity contribution in [3.8, 4) is 0 Å². The van der Waals surface area contributed by atoms with Crippen LogP contribution in [0.15, 0.2) is 0 Å². The van der Waals surface area contributed by atoms with E-state index in [-0.39, 0.29) is 11.9 Å². The number of nitrogens with two attached hydrogens (primary N) is 1. The lowest BCUT2D eigenvalue weighted by atomic mass is 10.0. The van der Waals surface area contributed by atoms with Crippen LogP contribution in [0.2, 0.25) is 0 Å². The summed E-state index contributed by atoms with van der Waals surface area (Å²) in [6, 6.07) is -0.537. The fourth-order valence-electron chi connectivity index (χ4n) is 3.81. The van der Waals surface area contributed by atoms with Gasteiger partial charge in [-0.1, -0.05) is 96.8 Å². The Bertz CT molecular complexity index is 402. The molecule has 0 unspecified atom stereocenters. The van der Waals surface area contributed by atoms with Gasteiger partial charge in [-0.25, -0.2) is 4.79 Å². The van der Waals surface area contributed by atoms with Crippen molar-refractivity contribution in [3.63, 3.8) is 0 Å². The predicted octanol–water partition coefficient (Wildman–Crippen LogP) is 6.03. The van der Waals surface area contributed by atoms with E-state index in [4.69, 9.17) is 10.5 Å². The van der Waals surface area contributed by atoms with Crippen molar-refractivity contribution in [2.45, 2.75) is 135 Å². The van der Waals surface area contributed by atoms with E-state index in [1.807, 2.05) is 0 Å². The number of carbonyl (C=O) groups excluding carboxylic acids is 2. The first-order valence-electron chi connectivity index (χ1n) is 12.7. The van der Waals surface area contributed by atoms with Gasteiger partial charge in [-0.15, -0.1) is 0 Å². The Hall–Kier alpha value is -1.10. The van der Waals surface area contributed by atoms with Crippen LogP contribution in [0.1, 0.15) is 129 Å². The molecule has 0 saturated carbocycles. The van der Waals surface area contributed by atoms with E-state index < -0.39 is 6.04 Å². The zero-order chi connectivity index (χ0) is 22.3. The molecule has 0 aromatic heterocycles. The Morgan fingerprint density at radius 3 is 1.63 bits per heavy atom. The summed E-state index contributed by atoms with van der Waals surface area (Å²) < 4.78 is 4.79. The summed E-state index contributed by atoms with van der Waals surface area (Å²) in [6.45, 7) is 2.87. The minimum absolute atomic E-state index is 0.0483. The van der Waals surface area contributed by atoms with Gasteiger partial charge in [0, 0.05) is 6.42 Å². The molecule has 1 atom stereocenters. The third-order valence-electron chi connectivity index (χ3n) is 5.78. The molecule has 5 heteroatoms. The Morgan fingerprint density at radius 2 is 1.20 bits per heavy atom. The maximum atomic E-state index is 12.1. The second-order valence-corrected chi connectivity index (χ2v) is 8.63. The number of unbranched alkanes of at least 4 members (excludes halogenated alkanes) is 15. The van der Waals surface area contributed by atoms with Crippen LogP contribution in [0.25, 0.3) is 0 Å². The molecule has 1 amide bonds. The summed E-state index contributed by atoms with van der Waals surface area (Å²) in [5.74, 6) is -0.412. The molecule has 3 N–H and O–H groups in total. The van der Waals surface area contributed by atoms with E-state index in [0.717, 1.165) is 25.7 Å². The maximum absolute atomic E-state index is 12.1. The standard InChI is InChI=1S/C25H50N2O3/c1-3-4-5-6-7-8-9-10-11-12-13-14-15-16-17-21-24(28)27-23(25(29)30-2)20-18-19-22-26/h23H,3-22,26H2,1-2H3,(H,27,28)/t23-/m0/s1. The van der Waals surface area contributed by atoms with E-state index in [1.165, 1.54) is 90.6 Å². The number of nitrogens with one attached hydrogen (secondary N) is 1. The number of amides is 1. The van der Waals surface area contributed by atoms with Crippen LogP contribution in [-0.2, 0) is 14.3 Å². The van der Waals surface area contributed by atoms with Gasteiger partial charge in [-0.2, -0.15) is 0 Å². The molecule has 0 spiro atoms. The number of hydrogen-bond acceptors (Lipinski definition) is 4. The lowest BCUT2D eigenvalue weighted by molar-refractivity contribution is -0.145. The first-order chi connectivity index (χ1) is 14.7. The number of rotatable bonds is 22. The Balaban J connectivity index is 3.51. The zero-order valence-electron chi connectivity index (χ0n) is 20.0. The molecular weight excluding hydrogens is 376 g/mol. The highest BCUT2D eigenvalue weighted by Gasteiger charge is 2.20. The fraction of sp³-hybridized carbons (Fsp3) is 0.920. The topological polar surface area (TPSA) is 81.4 Å². The molecule has 0 aromatic rings. The molecular formula is C25H50N2O3. The minimum atomic E-state index is -0.537. The van der Waals surface area contributed by atoms with Crippen LogP contribution in [0.5, 0.6) is 0 Å². The van der Waals surface area contributed by atoms with Crippen LogP contribution in [0, 0.1) is 0 Å². The van der Waals surface area contributed by atoms with Crippen LogP contribution in [0.4, 0.5) is 0 Å². The second kappa shape index (κ2) is 22.6. The zero-order valence-corrected chi connectivity index (χ0v) is 20.0. The normalized spacial score (nSPS) is 12.0. The van der Waals surface area contributed by atoms with Crippen LogP contribution in [-0.4, -0.2) is 31.6 Å². The SMILES string of the molecule is CCCCCCCCCCCCCCCCCC(=O)N[C@@H](CCCCN)C(=O)OC. The molecule has 0 radical (unpaired) electrons. The van der Waals surface area contributed by atoms with Crippen LogP contribution < -0.4 is 11.1 Å². The van der Waals surface area contributed by atoms with Crippen LogP contribution >= 0.6 is 0 Å². The summed E-state index contributed by atoms with van der Waals surface area (Å²) in [4.78, 5) is 23.9. The largest absolute Gasteiger partial charge is 0.467 e. The molecule has 5 nitrogen and oxygen atoms in total. The maximum Gasteiger partial charge on any atom is 0.328 e. The van der Waals surface area contributed by atoms with Gasteiger partial charge in [0.2, 0.25) is 5.91 Å². The molecule has 30 heavy (non-hydrogen) atoms. The molecule has 0 heterocycles. The van der Waals surface area contributed by atoms with Gasteiger partial charge in [-0.05, 0) is 32.2 Å². The fourth-order valence-corrected chi connectivity index (χ4v) is 3.81. The van der Waals surface area contributed by atoms with Gasteiger partial charge in [0.15, 0.2) is 0 Å². The van der Waals surface area contributed by atoms with Crippen molar-refractivity contribution in [2.75, 3.05) is 13.7 Å². The lowest BCUT2D eigenvalue weighted by Gasteiger charge is -2.16. The van der Waals surface area contributed by atoms with E-state index in [9.17, 15) is 9.59 Å². The molecule has 0 bridgehead atoms. The van der Waals surface area contributed by atoms with Gasteiger partial charge >= 0.3 is 5.97 Å². The molecule has 0 fully saturated rings. The molecule has 0 aromatic carbocycles. The summed E-state index contributed by atoms with van der Waals surface area (Å²) in [5.41, 5.74) is 5.49. The number of carbonyl (C=O) groups is 2. The number of ether oxygens (including phenoxy) is 1. The van der Waals surface area contributed by atoms with Crippen molar-refractivity contribution in [3.05, 3.63) is 0 Å². The highest BCUT2D eigenvalue weighted by Crippen LogP contribution is 2.14. The second-order valence-electron chi connectivity index (χ2n) is 8.63. The van der Waals surface area contributed by atoms with Gasteiger partial charge in [0.25, 0.3) is 0 Å². The molecule has 0 saturated heterocycles. The van der Waals surface area contributed by atoms with Gasteiger partial charge in [0.05, 0.1) is 7.11 Å². The van der Waals surface area contributed by atoms with Crippen molar-refractivity contribution in [2.24, 2.45) is 5.73 Å². The van der Waals surface area contributed by atoms with Crippen LogP contribution in [0.3, 0.4) is 0 Å². The molecule has 0 rings (SSSR count). The summed E-state index contributed by atoms with van der Waals surface area (Å²) >= 11 is 0. The Morgan fingerprint density at radius 1 is 0.733 bits per heavy atom. The molecule has 0 aliphatic rings. The highest BCUT2D eigenvalue weighted by atomic mass is 16.5. The lowest BCUT2D eigenvalue weighted by Crippen LogP contribution is -2.41. The number of hydrogen-bond donors (Lipinski definition) is 2. The molecule has 178 valence electrons. The van der Waals surface area contributed by atoms with Crippen molar-refractivity contribution < 1.29 is 14.3 Å². The van der Waals surface area contributed by atoms with E-state index in [1.54, 1.807) is 0 Å². The van der Waals surface area contributed by atoms with Crippen molar-refractivity contribution in [1.82, 2.24) is 5.32 Å².